The molecule has 0 saturated carbocycles. The number of anilines is 1. The molecule has 0 aliphatic carbocycles. The zero-order valence-electron chi connectivity index (χ0n) is 7.82. The smallest absolute Gasteiger partial charge is 0.221 e. The fourth-order valence-corrected chi connectivity index (χ4v) is 1.37. The van der Waals surface area contributed by atoms with Crippen molar-refractivity contribution < 1.29 is 4.79 Å². The third-order valence-corrected chi connectivity index (χ3v) is 1.96. The SMILES string of the molecule is CC(=O)Nc1ccc2ccncc2c1. The van der Waals surface area contributed by atoms with Crippen LogP contribution in [0.4, 0.5) is 5.69 Å². The van der Waals surface area contributed by atoms with E-state index in [1.807, 2.05) is 24.3 Å². The first kappa shape index (κ1) is 8.69. The van der Waals surface area contributed by atoms with Crippen molar-refractivity contribution in [2.24, 2.45) is 0 Å². The molecule has 1 amide bonds. The van der Waals surface area contributed by atoms with Crippen LogP contribution in [-0.4, -0.2) is 10.9 Å². The molecule has 0 aliphatic rings. The number of benzene rings is 1. The van der Waals surface area contributed by atoms with Crippen molar-refractivity contribution in [2.75, 3.05) is 5.32 Å². The van der Waals surface area contributed by atoms with Crippen molar-refractivity contribution in [1.29, 1.82) is 0 Å². The van der Waals surface area contributed by atoms with E-state index >= 15 is 0 Å². The Hall–Kier alpha value is -1.90. The van der Waals surface area contributed by atoms with E-state index in [1.54, 1.807) is 12.4 Å². The summed E-state index contributed by atoms with van der Waals surface area (Å²) in [6.07, 6.45) is 3.53. The first-order valence-corrected chi connectivity index (χ1v) is 4.37. The van der Waals surface area contributed by atoms with Crippen molar-refractivity contribution in [3.63, 3.8) is 0 Å². The molecule has 0 spiro atoms. The Morgan fingerprint density at radius 3 is 2.93 bits per heavy atom. The summed E-state index contributed by atoms with van der Waals surface area (Å²) >= 11 is 0. The minimum atomic E-state index is -0.0618. The predicted octanol–water partition coefficient (Wildman–Crippen LogP) is 2.19. The molecule has 14 heavy (non-hydrogen) atoms. The lowest BCUT2D eigenvalue weighted by Gasteiger charge is -2.03. The summed E-state index contributed by atoms with van der Waals surface area (Å²) in [7, 11) is 0. The Bertz CT molecular complexity index is 479. The number of hydrogen-bond donors (Lipinski definition) is 1. The zero-order chi connectivity index (χ0) is 9.97. The van der Waals surface area contributed by atoms with Crippen LogP contribution in [0.2, 0.25) is 0 Å². The van der Waals surface area contributed by atoms with Gasteiger partial charge in [-0.3, -0.25) is 9.78 Å². The van der Waals surface area contributed by atoms with Crippen LogP contribution in [0.3, 0.4) is 0 Å². The van der Waals surface area contributed by atoms with Gasteiger partial charge in [0.25, 0.3) is 0 Å². The molecule has 0 atom stereocenters. The summed E-state index contributed by atoms with van der Waals surface area (Å²) in [5.41, 5.74) is 0.804. The molecule has 0 fully saturated rings. The summed E-state index contributed by atoms with van der Waals surface area (Å²) < 4.78 is 0. The highest BCUT2D eigenvalue weighted by molar-refractivity contribution is 5.92. The van der Waals surface area contributed by atoms with Gasteiger partial charge in [-0.1, -0.05) is 6.07 Å². The van der Waals surface area contributed by atoms with E-state index in [9.17, 15) is 4.79 Å². The van der Waals surface area contributed by atoms with Crippen LogP contribution in [0.25, 0.3) is 10.8 Å². The highest BCUT2D eigenvalue weighted by atomic mass is 16.1. The molecular weight excluding hydrogens is 176 g/mol. The molecule has 2 aromatic rings. The standard InChI is InChI=1S/C11H10N2O/c1-8(14)13-11-3-2-9-4-5-12-7-10(9)6-11/h2-7H,1H3,(H,13,14). The van der Waals surface area contributed by atoms with E-state index in [0.717, 1.165) is 16.5 Å². The molecule has 0 saturated heterocycles. The number of rotatable bonds is 1. The quantitative estimate of drug-likeness (QED) is 0.741. The average molecular weight is 186 g/mol. The minimum Gasteiger partial charge on any atom is -0.326 e. The Kier molecular flexibility index (Phi) is 2.14. The van der Waals surface area contributed by atoms with E-state index in [1.165, 1.54) is 6.92 Å². The number of aromatic nitrogens is 1. The minimum absolute atomic E-state index is 0.0618. The maximum absolute atomic E-state index is 10.8. The van der Waals surface area contributed by atoms with Crippen LogP contribution < -0.4 is 5.32 Å². The monoisotopic (exact) mass is 186 g/mol. The van der Waals surface area contributed by atoms with Crippen molar-refractivity contribution in [1.82, 2.24) is 4.98 Å². The van der Waals surface area contributed by atoms with Gasteiger partial charge in [0.15, 0.2) is 0 Å². The molecule has 1 aromatic heterocycles. The predicted molar refractivity (Wildman–Crippen MR) is 56.0 cm³/mol. The zero-order valence-corrected chi connectivity index (χ0v) is 7.82. The van der Waals surface area contributed by atoms with Crippen LogP contribution in [0.1, 0.15) is 6.92 Å². The topological polar surface area (TPSA) is 42.0 Å². The summed E-state index contributed by atoms with van der Waals surface area (Å²) in [4.78, 5) is 14.8. The van der Waals surface area contributed by atoms with Crippen LogP contribution in [0, 0.1) is 0 Å². The number of fused-ring (bicyclic) bond motifs is 1. The second-order valence-corrected chi connectivity index (χ2v) is 3.12. The fourth-order valence-electron chi connectivity index (χ4n) is 1.37. The van der Waals surface area contributed by atoms with Crippen molar-refractivity contribution in [3.05, 3.63) is 36.7 Å². The van der Waals surface area contributed by atoms with E-state index in [2.05, 4.69) is 10.3 Å². The van der Waals surface area contributed by atoms with Crippen LogP contribution in [0.5, 0.6) is 0 Å². The maximum Gasteiger partial charge on any atom is 0.221 e. The molecule has 70 valence electrons. The lowest BCUT2D eigenvalue weighted by atomic mass is 10.1. The van der Waals surface area contributed by atoms with Crippen molar-refractivity contribution in [3.8, 4) is 0 Å². The highest BCUT2D eigenvalue weighted by Crippen LogP contribution is 2.17. The number of pyridine rings is 1. The molecule has 3 nitrogen and oxygen atoms in total. The molecule has 1 aromatic carbocycles. The largest absolute Gasteiger partial charge is 0.326 e. The summed E-state index contributed by atoms with van der Waals surface area (Å²) in [6, 6.07) is 7.68. The first-order chi connectivity index (χ1) is 6.75. The highest BCUT2D eigenvalue weighted by Gasteiger charge is 1.97. The normalized spacial score (nSPS) is 10.1. The number of hydrogen-bond acceptors (Lipinski definition) is 2. The lowest BCUT2D eigenvalue weighted by molar-refractivity contribution is -0.114. The Morgan fingerprint density at radius 2 is 2.14 bits per heavy atom. The van der Waals surface area contributed by atoms with Crippen LogP contribution in [-0.2, 0) is 4.79 Å². The molecular formula is C11H10N2O. The molecule has 1 N–H and O–H groups in total. The van der Waals surface area contributed by atoms with Gasteiger partial charge >= 0.3 is 0 Å². The second-order valence-electron chi connectivity index (χ2n) is 3.12. The van der Waals surface area contributed by atoms with Gasteiger partial charge in [-0.05, 0) is 23.6 Å². The third kappa shape index (κ3) is 1.71. The number of carbonyl (C=O) groups is 1. The van der Waals surface area contributed by atoms with Gasteiger partial charge in [-0.25, -0.2) is 0 Å². The average Bonchev–Trinajstić information content (AvgIpc) is 2.17. The third-order valence-electron chi connectivity index (χ3n) is 1.96. The van der Waals surface area contributed by atoms with Crippen LogP contribution in [0.15, 0.2) is 36.7 Å². The van der Waals surface area contributed by atoms with E-state index < -0.39 is 0 Å². The van der Waals surface area contributed by atoms with Gasteiger partial charge in [0, 0.05) is 30.4 Å². The van der Waals surface area contributed by atoms with Gasteiger partial charge in [0.1, 0.15) is 0 Å². The molecule has 1 heterocycles. The first-order valence-electron chi connectivity index (χ1n) is 4.37. The van der Waals surface area contributed by atoms with Crippen LogP contribution >= 0.6 is 0 Å². The summed E-state index contributed by atoms with van der Waals surface area (Å²) in [6.45, 7) is 1.49. The lowest BCUT2D eigenvalue weighted by Crippen LogP contribution is -2.05. The van der Waals surface area contributed by atoms with Crippen molar-refractivity contribution in [2.45, 2.75) is 6.92 Å². The van der Waals surface area contributed by atoms with Gasteiger partial charge < -0.3 is 5.32 Å². The Morgan fingerprint density at radius 1 is 1.29 bits per heavy atom. The molecule has 2 rings (SSSR count). The fraction of sp³-hybridized carbons (Fsp3) is 0.0909. The van der Waals surface area contributed by atoms with E-state index in [-0.39, 0.29) is 5.91 Å². The van der Waals surface area contributed by atoms with Gasteiger partial charge in [0.2, 0.25) is 5.91 Å². The Labute approximate surface area is 81.8 Å². The number of nitrogens with zero attached hydrogens (tertiary/aromatic N) is 1. The van der Waals surface area contributed by atoms with Crippen molar-refractivity contribution >= 4 is 22.4 Å². The summed E-state index contributed by atoms with van der Waals surface area (Å²) in [5, 5.41) is 4.88. The Balaban J connectivity index is 2.46. The maximum atomic E-state index is 10.8. The number of nitrogens with one attached hydrogen (secondary N) is 1. The molecule has 3 heteroatoms. The van der Waals surface area contributed by atoms with E-state index in [4.69, 9.17) is 0 Å². The van der Waals surface area contributed by atoms with E-state index in [0.29, 0.717) is 0 Å². The van der Waals surface area contributed by atoms with Gasteiger partial charge in [-0.2, -0.15) is 0 Å². The van der Waals surface area contributed by atoms with Gasteiger partial charge in [0.05, 0.1) is 0 Å². The summed E-state index contributed by atoms with van der Waals surface area (Å²) in [5.74, 6) is -0.0618. The number of amides is 1. The number of carbonyl (C=O) groups excluding carboxylic acids is 1. The molecule has 0 unspecified atom stereocenters. The second kappa shape index (κ2) is 3.46. The van der Waals surface area contributed by atoms with Gasteiger partial charge in [-0.15, -0.1) is 0 Å². The molecule has 0 aliphatic heterocycles. The molecule has 0 radical (unpaired) electrons. The molecule has 0 bridgehead atoms.